The number of phosphoric acid groups is 1. The number of hydrogen-bond acceptors (Lipinski definition) is 7. The molecule has 0 spiro atoms. The zero-order valence-electron chi connectivity index (χ0n) is 44.4. The Morgan fingerprint density at radius 2 is 0.833 bits per heavy atom. The van der Waals surface area contributed by atoms with Crippen LogP contribution in [0.2, 0.25) is 0 Å². The second-order valence-electron chi connectivity index (χ2n) is 20.3. The number of nitrogens with zero attached hydrogens (tertiary/aromatic N) is 1. The van der Waals surface area contributed by atoms with E-state index in [-0.39, 0.29) is 25.8 Å². The highest BCUT2D eigenvalue weighted by atomic mass is 31.2. The molecule has 0 radical (unpaired) electrons. The molecule has 66 heavy (non-hydrogen) atoms. The molecule has 0 heterocycles. The summed E-state index contributed by atoms with van der Waals surface area (Å²) in [4.78, 5) is 25.2. The van der Waals surface area contributed by atoms with Crippen molar-refractivity contribution in [1.29, 1.82) is 0 Å². The first-order valence-corrected chi connectivity index (χ1v) is 29.7. The van der Waals surface area contributed by atoms with E-state index in [0.29, 0.717) is 24.1 Å². The van der Waals surface area contributed by atoms with Gasteiger partial charge in [0.15, 0.2) is 0 Å². The van der Waals surface area contributed by atoms with Gasteiger partial charge in [-0.25, -0.2) is 0 Å². The summed E-state index contributed by atoms with van der Waals surface area (Å²) in [6.45, 7) is 5.44. The summed E-state index contributed by atoms with van der Waals surface area (Å²) in [7, 11) is 1.36. The van der Waals surface area contributed by atoms with Crippen molar-refractivity contribution < 1.29 is 37.3 Å². The van der Waals surface area contributed by atoms with Crippen molar-refractivity contribution in [2.75, 3.05) is 54.1 Å². The van der Waals surface area contributed by atoms with Crippen LogP contribution in [0, 0.1) is 0 Å². The Morgan fingerprint density at radius 1 is 0.470 bits per heavy atom. The fraction of sp³-hybridized carbons (Fsp3) is 0.877. The molecule has 0 fully saturated rings. The Bertz CT molecular complexity index is 1150. The predicted octanol–water partition coefficient (Wildman–Crippen LogP) is 17.0. The molecule has 0 aromatic carbocycles. The average Bonchev–Trinajstić information content (AvgIpc) is 3.28. The van der Waals surface area contributed by atoms with Crippen LogP contribution in [-0.2, 0) is 27.9 Å². The summed E-state index contributed by atoms with van der Waals surface area (Å²) in [5, 5.41) is 0. The molecule has 8 nitrogen and oxygen atoms in total. The fourth-order valence-electron chi connectivity index (χ4n) is 8.09. The topological polar surface area (TPSA) is 94.1 Å². The van der Waals surface area contributed by atoms with E-state index in [0.717, 1.165) is 44.9 Å². The minimum Gasteiger partial charge on any atom is -0.756 e. The number of carbonyl (C=O) groups is 1. The first-order chi connectivity index (χ1) is 32.1. The molecule has 0 aliphatic carbocycles. The highest BCUT2D eigenvalue weighted by Crippen LogP contribution is 2.38. The summed E-state index contributed by atoms with van der Waals surface area (Å²) in [5.74, 6) is -0.331. The summed E-state index contributed by atoms with van der Waals surface area (Å²) in [5.41, 5.74) is 0. The molecular formula is C57H110NO7P. The molecule has 2 unspecified atom stereocenters. The van der Waals surface area contributed by atoms with Gasteiger partial charge in [-0.2, -0.15) is 0 Å². The van der Waals surface area contributed by atoms with Crippen LogP contribution in [0.1, 0.15) is 264 Å². The van der Waals surface area contributed by atoms with E-state index >= 15 is 0 Å². The quantitative estimate of drug-likeness (QED) is 0.0197. The third kappa shape index (κ3) is 53.7. The van der Waals surface area contributed by atoms with Gasteiger partial charge in [0.2, 0.25) is 0 Å². The number of rotatable bonds is 53. The fourth-order valence-corrected chi connectivity index (χ4v) is 8.81. The van der Waals surface area contributed by atoms with Crippen LogP contribution in [0.3, 0.4) is 0 Å². The van der Waals surface area contributed by atoms with Crippen LogP contribution < -0.4 is 4.89 Å². The molecular weight excluding hydrogens is 842 g/mol. The third-order valence-electron chi connectivity index (χ3n) is 12.4. The van der Waals surface area contributed by atoms with Gasteiger partial charge in [0.1, 0.15) is 19.3 Å². The Morgan fingerprint density at radius 3 is 1.24 bits per heavy atom. The number of phosphoric ester groups is 1. The van der Waals surface area contributed by atoms with Gasteiger partial charge in [-0.15, -0.1) is 0 Å². The lowest BCUT2D eigenvalue weighted by Gasteiger charge is -2.28. The zero-order valence-corrected chi connectivity index (χ0v) is 45.3. The summed E-state index contributed by atoms with van der Waals surface area (Å²) >= 11 is 0. The number of unbranched alkanes of at least 4 members (excludes halogenated alkanes) is 33. The molecule has 0 rings (SSSR count). The first-order valence-electron chi connectivity index (χ1n) is 28.2. The van der Waals surface area contributed by atoms with Crippen LogP contribution >= 0.6 is 7.82 Å². The van der Waals surface area contributed by atoms with Gasteiger partial charge < -0.3 is 27.9 Å². The number of carbonyl (C=O) groups excluding carboxylic acids is 1. The smallest absolute Gasteiger partial charge is 0.306 e. The summed E-state index contributed by atoms with van der Waals surface area (Å²) in [6, 6.07) is 0. The maximum absolute atomic E-state index is 12.8. The highest BCUT2D eigenvalue weighted by molar-refractivity contribution is 7.45. The second kappa shape index (κ2) is 50.1. The van der Waals surface area contributed by atoms with Gasteiger partial charge in [0, 0.05) is 13.0 Å². The Labute approximate surface area is 410 Å². The van der Waals surface area contributed by atoms with E-state index < -0.39 is 13.9 Å². The van der Waals surface area contributed by atoms with Gasteiger partial charge in [-0.05, 0) is 51.4 Å². The highest BCUT2D eigenvalue weighted by Gasteiger charge is 2.20. The Kier molecular flexibility index (Phi) is 49.1. The zero-order chi connectivity index (χ0) is 48.3. The third-order valence-corrected chi connectivity index (χ3v) is 13.4. The minimum atomic E-state index is -4.53. The van der Waals surface area contributed by atoms with Crippen molar-refractivity contribution >= 4 is 13.8 Å². The number of allylic oxidation sites excluding steroid dienone is 6. The Hall–Kier alpha value is -1.28. The van der Waals surface area contributed by atoms with Crippen molar-refractivity contribution in [3.63, 3.8) is 0 Å². The van der Waals surface area contributed by atoms with Crippen molar-refractivity contribution in [3.05, 3.63) is 36.5 Å². The number of hydrogen-bond donors (Lipinski definition) is 0. The summed E-state index contributed by atoms with van der Waals surface area (Å²) in [6.07, 6.45) is 61.8. The average molecular weight is 952 g/mol. The van der Waals surface area contributed by atoms with Crippen molar-refractivity contribution in [3.8, 4) is 0 Å². The van der Waals surface area contributed by atoms with Crippen LogP contribution in [0.5, 0.6) is 0 Å². The lowest BCUT2D eigenvalue weighted by molar-refractivity contribution is -0.870. The van der Waals surface area contributed by atoms with Crippen molar-refractivity contribution in [1.82, 2.24) is 0 Å². The first kappa shape index (κ1) is 64.7. The number of ether oxygens (including phenoxy) is 2. The number of esters is 1. The molecule has 9 heteroatoms. The van der Waals surface area contributed by atoms with E-state index in [9.17, 15) is 14.3 Å². The molecule has 0 saturated heterocycles. The van der Waals surface area contributed by atoms with E-state index in [1.165, 1.54) is 199 Å². The number of quaternary nitrogens is 1. The molecule has 0 aromatic rings. The van der Waals surface area contributed by atoms with E-state index in [1.807, 2.05) is 21.1 Å². The Balaban J connectivity index is 4.08. The van der Waals surface area contributed by atoms with E-state index in [4.69, 9.17) is 18.5 Å². The van der Waals surface area contributed by atoms with Crippen LogP contribution in [-0.4, -0.2) is 70.7 Å². The maximum Gasteiger partial charge on any atom is 0.306 e. The summed E-state index contributed by atoms with van der Waals surface area (Å²) < 4.78 is 34.8. The van der Waals surface area contributed by atoms with Gasteiger partial charge in [-0.1, -0.05) is 243 Å². The SMILES string of the molecule is CCCCCCC/C=C\C/C=C\C/C=C\CCCCCCCCCCCOCC(COP(=O)([O-])OCC[N+](C)(C)C)OC(=O)CCCCCCCCCCCCCCCCCCCCCC. The van der Waals surface area contributed by atoms with E-state index in [1.54, 1.807) is 0 Å². The number of likely N-dealkylation sites (N-methyl/N-ethyl adjacent to an activating group) is 1. The standard InChI is InChI=1S/C57H110NO7P/c1-6-8-10-12-14-16-18-20-22-24-26-28-29-30-31-33-35-37-39-41-43-45-47-49-52-62-54-56(55-64-66(60,61)63-53-51-58(3,4)5)65-57(59)50-48-46-44-42-40-38-36-34-32-27-25-23-21-19-17-15-13-11-9-7-2/h18,20,24,26,29-30,56H,6-17,19,21-23,25,27-28,31-55H2,1-5H3/b20-18-,26-24-,30-29-. The van der Waals surface area contributed by atoms with Crippen molar-refractivity contribution in [2.24, 2.45) is 0 Å². The van der Waals surface area contributed by atoms with E-state index in [2.05, 4.69) is 50.3 Å². The largest absolute Gasteiger partial charge is 0.756 e. The molecule has 390 valence electrons. The molecule has 0 N–H and O–H groups in total. The second-order valence-corrected chi connectivity index (χ2v) is 21.7. The lowest BCUT2D eigenvalue weighted by atomic mass is 10.0. The normalized spacial score (nSPS) is 13.7. The lowest BCUT2D eigenvalue weighted by Crippen LogP contribution is -2.37. The van der Waals surface area contributed by atoms with Crippen molar-refractivity contribution in [2.45, 2.75) is 270 Å². The van der Waals surface area contributed by atoms with Gasteiger partial charge >= 0.3 is 5.97 Å². The maximum atomic E-state index is 12.8. The molecule has 2 atom stereocenters. The monoisotopic (exact) mass is 952 g/mol. The molecule has 0 bridgehead atoms. The van der Waals surface area contributed by atoms with Gasteiger partial charge in [-0.3, -0.25) is 9.36 Å². The molecule has 0 saturated carbocycles. The molecule has 0 aliphatic rings. The van der Waals surface area contributed by atoms with Crippen LogP contribution in [0.15, 0.2) is 36.5 Å². The van der Waals surface area contributed by atoms with Gasteiger partial charge in [0.05, 0.1) is 34.4 Å². The molecule has 0 aromatic heterocycles. The minimum absolute atomic E-state index is 0.0264. The van der Waals surface area contributed by atoms with Crippen LogP contribution in [0.4, 0.5) is 0 Å². The van der Waals surface area contributed by atoms with Gasteiger partial charge in [0.25, 0.3) is 7.82 Å². The predicted molar refractivity (Wildman–Crippen MR) is 282 cm³/mol. The molecule has 0 amide bonds. The van der Waals surface area contributed by atoms with Crippen LogP contribution in [0.25, 0.3) is 0 Å². The molecule has 0 aliphatic heterocycles.